The van der Waals surface area contributed by atoms with Gasteiger partial charge >= 0.3 is 0 Å². The lowest BCUT2D eigenvalue weighted by molar-refractivity contribution is -0.137. The predicted molar refractivity (Wildman–Crippen MR) is 219 cm³/mol. The molecule has 0 radical (unpaired) electrons. The molecule has 0 unspecified atom stereocenters. The number of rotatable bonds is 20. The number of pyridine rings is 1. The minimum Gasteiger partial charge on any atom is -0.387 e. The molecule has 1 aromatic heterocycles. The molecule has 0 aliphatic carbocycles. The average molecular weight is 774 g/mol. The molecule has 0 spiro atoms. The molecule has 3 aromatic rings. The highest BCUT2D eigenvalue weighted by atomic mass is 16.2. The lowest BCUT2D eigenvalue weighted by Crippen LogP contribution is -2.42. The first-order valence-electron chi connectivity index (χ1n) is 19.7. The smallest absolute Gasteiger partial charge is 0.255 e. The van der Waals surface area contributed by atoms with Gasteiger partial charge in [0.15, 0.2) is 5.78 Å². The molecule has 3 heterocycles. The zero-order valence-electron chi connectivity index (χ0n) is 32.7. The largest absolute Gasteiger partial charge is 0.387 e. The maximum Gasteiger partial charge on any atom is 0.255 e. The number of aliphatic imine (C=N–C) groups is 1. The third-order valence-corrected chi connectivity index (χ3v) is 9.71. The van der Waals surface area contributed by atoms with Crippen LogP contribution in [0.2, 0.25) is 0 Å². The van der Waals surface area contributed by atoms with Gasteiger partial charge in [-0.1, -0.05) is 56.7 Å². The molecule has 0 fully saturated rings. The Morgan fingerprint density at radius 1 is 0.877 bits per heavy atom. The van der Waals surface area contributed by atoms with Gasteiger partial charge in [-0.25, -0.2) is 4.99 Å². The maximum atomic E-state index is 13.6. The van der Waals surface area contributed by atoms with Crippen molar-refractivity contribution in [3.8, 4) is 0 Å². The Labute approximate surface area is 333 Å². The third kappa shape index (κ3) is 12.1. The Morgan fingerprint density at radius 3 is 2.33 bits per heavy atom. The first kappa shape index (κ1) is 41.9. The Bertz CT molecular complexity index is 2030. The normalized spacial score (nSPS) is 14.0. The number of ketones is 1. The van der Waals surface area contributed by atoms with E-state index < -0.39 is 6.04 Å². The van der Waals surface area contributed by atoms with Crippen LogP contribution in [0.4, 0.5) is 11.4 Å². The van der Waals surface area contributed by atoms with Gasteiger partial charge in [-0.05, 0) is 73.9 Å². The van der Waals surface area contributed by atoms with Crippen LogP contribution in [0.5, 0.6) is 0 Å². The molecule has 2 aliphatic rings. The summed E-state index contributed by atoms with van der Waals surface area (Å²) in [5.41, 5.74) is 10.4. The summed E-state index contributed by atoms with van der Waals surface area (Å²) in [5.74, 6) is -1.18. The van der Waals surface area contributed by atoms with Crippen LogP contribution >= 0.6 is 0 Å². The van der Waals surface area contributed by atoms with Crippen LogP contribution in [0.3, 0.4) is 0 Å². The van der Waals surface area contributed by atoms with Crippen LogP contribution in [-0.4, -0.2) is 81.6 Å². The SMILES string of the molecule is CCCN(CCC)C(=O)C1=Cc2ccc(C(=O)Nc3cncc(CCC(=O)[C@H](Cc4ccccc4)NC(=O)CCCCCN4C(=O)C=CC4=O)c3)cc2N=C(N)C1. The number of hydrogen-bond donors (Lipinski definition) is 3. The monoisotopic (exact) mass is 773 g/mol. The number of carbonyl (C=O) groups is 6. The minimum atomic E-state index is -0.734. The van der Waals surface area contributed by atoms with Crippen LogP contribution in [0.25, 0.3) is 6.08 Å². The average Bonchev–Trinajstić information content (AvgIpc) is 3.41. The van der Waals surface area contributed by atoms with Crippen molar-refractivity contribution in [1.29, 1.82) is 0 Å². The van der Waals surface area contributed by atoms with E-state index in [1.165, 1.54) is 23.2 Å². The fraction of sp³-hybridized carbons (Fsp3) is 0.364. The van der Waals surface area contributed by atoms with Crippen LogP contribution in [-0.2, 0) is 36.8 Å². The molecular weight excluding hydrogens is 723 g/mol. The van der Waals surface area contributed by atoms with Crippen molar-refractivity contribution in [2.24, 2.45) is 10.7 Å². The van der Waals surface area contributed by atoms with E-state index in [1.54, 1.807) is 36.5 Å². The van der Waals surface area contributed by atoms with Crippen molar-refractivity contribution in [3.63, 3.8) is 0 Å². The predicted octanol–water partition coefficient (Wildman–Crippen LogP) is 5.47. The summed E-state index contributed by atoms with van der Waals surface area (Å²) in [7, 11) is 0. The first-order chi connectivity index (χ1) is 27.5. The Morgan fingerprint density at radius 2 is 1.61 bits per heavy atom. The number of aromatic nitrogens is 1. The van der Waals surface area contributed by atoms with Gasteiger partial charge in [0.1, 0.15) is 5.84 Å². The van der Waals surface area contributed by atoms with Crippen LogP contribution in [0, 0.1) is 0 Å². The lowest BCUT2D eigenvalue weighted by Gasteiger charge is -2.22. The van der Waals surface area contributed by atoms with Gasteiger partial charge in [0.05, 0.1) is 23.6 Å². The number of imide groups is 1. The van der Waals surface area contributed by atoms with Gasteiger partial charge in [-0.3, -0.25) is 38.7 Å². The van der Waals surface area contributed by atoms with Crippen LogP contribution < -0.4 is 16.4 Å². The van der Waals surface area contributed by atoms with Crippen molar-refractivity contribution in [1.82, 2.24) is 20.1 Å². The summed E-state index contributed by atoms with van der Waals surface area (Å²) in [6, 6.07) is 15.6. The fourth-order valence-corrected chi connectivity index (χ4v) is 6.81. The number of fused-ring (bicyclic) bond motifs is 1. The van der Waals surface area contributed by atoms with E-state index >= 15 is 0 Å². The number of aryl methyl sites for hydroxylation is 1. The zero-order chi connectivity index (χ0) is 40.7. The van der Waals surface area contributed by atoms with Gasteiger partial charge in [-0.15, -0.1) is 0 Å². The molecule has 0 saturated heterocycles. The van der Waals surface area contributed by atoms with E-state index in [1.807, 2.05) is 49.1 Å². The van der Waals surface area contributed by atoms with Crippen LogP contribution in [0.1, 0.15) is 92.3 Å². The second-order valence-corrected chi connectivity index (χ2v) is 14.3. The highest BCUT2D eigenvalue weighted by Gasteiger charge is 2.24. The highest BCUT2D eigenvalue weighted by Crippen LogP contribution is 2.29. The molecule has 0 bridgehead atoms. The van der Waals surface area contributed by atoms with Crippen molar-refractivity contribution in [3.05, 3.63) is 107 Å². The highest BCUT2D eigenvalue weighted by molar-refractivity contribution is 6.13. The van der Waals surface area contributed by atoms with E-state index in [-0.39, 0.29) is 60.4 Å². The van der Waals surface area contributed by atoms with Crippen molar-refractivity contribution < 1.29 is 28.8 Å². The van der Waals surface area contributed by atoms with Gasteiger partial charge < -0.3 is 21.3 Å². The quantitative estimate of drug-likeness (QED) is 0.0997. The second kappa shape index (κ2) is 20.6. The number of anilines is 1. The number of nitrogens with one attached hydrogen (secondary N) is 2. The van der Waals surface area contributed by atoms with Gasteiger partial charge in [0.25, 0.3) is 17.7 Å². The Hall–Kier alpha value is -6.24. The van der Waals surface area contributed by atoms with Crippen molar-refractivity contribution in [2.45, 2.75) is 84.1 Å². The number of Topliss-reactive ketones (excluding diaryl/α,β-unsaturated/α-hetero) is 1. The first-order valence-corrected chi connectivity index (χ1v) is 19.7. The van der Waals surface area contributed by atoms with E-state index in [4.69, 9.17) is 5.73 Å². The summed E-state index contributed by atoms with van der Waals surface area (Å²) >= 11 is 0. The number of amides is 5. The molecule has 2 aromatic carbocycles. The summed E-state index contributed by atoms with van der Waals surface area (Å²) in [5, 5.41) is 5.81. The van der Waals surface area contributed by atoms with E-state index in [0.717, 1.165) is 24.0 Å². The van der Waals surface area contributed by atoms with E-state index in [9.17, 15) is 28.8 Å². The molecule has 57 heavy (non-hydrogen) atoms. The van der Waals surface area contributed by atoms with Gasteiger partial charge in [0, 0.05) is 73.9 Å². The number of hydrogen-bond acceptors (Lipinski definition) is 9. The standard InChI is InChI=1S/C44H51N7O6/c1-3-20-50(21-4-2)44(57)34-25-32-15-16-33(26-36(32)48-39(45)27-34)43(56)47-35-23-31(28-46-29-35)14-17-38(52)37(24-30-11-7-5-8-12-30)49-40(53)13-9-6-10-22-51-41(54)18-19-42(51)55/h5,7-8,11-12,15-16,18-19,23,25-26,28-29,37H,3-4,6,9-10,13-14,17,20-22,24,27H2,1-2H3,(H2,45,48)(H,47,56)(H,49,53)/t37-/m0/s1. The summed E-state index contributed by atoms with van der Waals surface area (Å²) in [6.07, 6.45) is 12.2. The summed E-state index contributed by atoms with van der Waals surface area (Å²) in [6.45, 7) is 5.69. The molecule has 4 N–H and O–H groups in total. The number of nitrogens with zero attached hydrogens (tertiary/aromatic N) is 4. The number of carbonyl (C=O) groups excluding carboxylic acids is 6. The number of unbranched alkanes of at least 4 members (excludes halogenated alkanes) is 2. The molecular formula is C44H51N7O6. The second-order valence-electron chi connectivity index (χ2n) is 14.3. The summed E-state index contributed by atoms with van der Waals surface area (Å²) in [4.78, 5) is 88.6. The van der Waals surface area contributed by atoms with Gasteiger partial charge in [-0.2, -0.15) is 0 Å². The molecule has 5 amide bonds. The molecule has 1 atom stereocenters. The lowest BCUT2D eigenvalue weighted by atomic mass is 9.97. The Balaban J connectivity index is 1.17. The molecule has 13 nitrogen and oxygen atoms in total. The maximum absolute atomic E-state index is 13.6. The number of amidine groups is 1. The molecule has 0 saturated carbocycles. The third-order valence-electron chi connectivity index (χ3n) is 9.71. The van der Waals surface area contributed by atoms with Crippen LogP contribution in [0.15, 0.2) is 89.7 Å². The van der Waals surface area contributed by atoms with E-state index in [2.05, 4.69) is 20.6 Å². The van der Waals surface area contributed by atoms with Gasteiger partial charge in [0.2, 0.25) is 11.8 Å². The molecule has 298 valence electrons. The molecule has 2 aliphatic heterocycles. The minimum absolute atomic E-state index is 0.0632. The van der Waals surface area contributed by atoms with Crippen molar-refractivity contribution in [2.75, 3.05) is 25.0 Å². The van der Waals surface area contributed by atoms with E-state index in [0.29, 0.717) is 79.8 Å². The number of benzene rings is 2. The fourth-order valence-electron chi connectivity index (χ4n) is 6.81. The topological polar surface area (TPSA) is 184 Å². The summed E-state index contributed by atoms with van der Waals surface area (Å²) < 4.78 is 0. The number of nitrogens with two attached hydrogens (primary N) is 1. The Kier molecular flexibility index (Phi) is 15.2. The molecule has 5 rings (SSSR count). The van der Waals surface area contributed by atoms with Crippen molar-refractivity contribution >= 4 is 58.6 Å². The zero-order valence-corrected chi connectivity index (χ0v) is 32.7. The molecule has 13 heteroatoms.